The Morgan fingerprint density at radius 1 is 0.421 bits per heavy atom. The second kappa shape index (κ2) is 9.21. The SMILES string of the molecule is Cc1ccc(N(c2ccc3ccccc3c2)c2c(-c3ccc4ccccc4c3)ccc3ccccc23)cc1. The van der Waals surface area contributed by atoms with Gasteiger partial charge in [-0.25, -0.2) is 0 Å². The lowest BCUT2D eigenvalue weighted by atomic mass is 9.94. The molecule has 180 valence electrons. The molecule has 38 heavy (non-hydrogen) atoms. The lowest BCUT2D eigenvalue weighted by Gasteiger charge is -2.30. The van der Waals surface area contributed by atoms with Gasteiger partial charge in [0.15, 0.2) is 0 Å². The summed E-state index contributed by atoms with van der Waals surface area (Å²) in [5.41, 5.74) is 7.15. The van der Waals surface area contributed by atoms with Crippen molar-refractivity contribution in [3.63, 3.8) is 0 Å². The van der Waals surface area contributed by atoms with E-state index in [-0.39, 0.29) is 0 Å². The van der Waals surface area contributed by atoms with Crippen LogP contribution >= 0.6 is 0 Å². The van der Waals surface area contributed by atoms with Crippen molar-refractivity contribution in [2.45, 2.75) is 6.92 Å². The summed E-state index contributed by atoms with van der Waals surface area (Å²) in [6.07, 6.45) is 0. The molecule has 0 amide bonds. The van der Waals surface area contributed by atoms with Crippen molar-refractivity contribution in [2.24, 2.45) is 0 Å². The topological polar surface area (TPSA) is 3.24 Å². The van der Waals surface area contributed by atoms with Crippen molar-refractivity contribution in [3.05, 3.63) is 151 Å². The first kappa shape index (κ1) is 22.3. The zero-order chi connectivity index (χ0) is 25.5. The van der Waals surface area contributed by atoms with Crippen LogP contribution in [-0.4, -0.2) is 0 Å². The summed E-state index contributed by atoms with van der Waals surface area (Å²) in [5.74, 6) is 0. The molecule has 0 radical (unpaired) electrons. The van der Waals surface area contributed by atoms with Crippen LogP contribution in [0.2, 0.25) is 0 Å². The normalized spacial score (nSPS) is 11.3. The zero-order valence-corrected chi connectivity index (χ0v) is 21.3. The number of rotatable bonds is 4. The van der Waals surface area contributed by atoms with E-state index in [1.165, 1.54) is 54.7 Å². The van der Waals surface area contributed by atoms with E-state index in [1.54, 1.807) is 0 Å². The fourth-order valence-electron chi connectivity index (χ4n) is 5.50. The molecule has 0 saturated carbocycles. The molecule has 0 aliphatic heterocycles. The van der Waals surface area contributed by atoms with Crippen LogP contribution in [0.25, 0.3) is 43.4 Å². The number of benzene rings is 7. The van der Waals surface area contributed by atoms with Gasteiger partial charge in [-0.05, 0) is 69.8 Å². The van der Waals surface area contributed by atoms with Gasteiger partial charge in [-0.2, -0.15) is 0 Å². The molecular weight excluding hydrogens is 458 g/mol. The van der Waals surface area contributed by atoms with Crippen LogP contribution < -0.4 is 4.90 Å². The minimum atomic E-state index is 1.14. The molecule has 0 spiro atoms. The molecule has 0 unspecified atom stereocenters. The van der Waals surface area contributed by atoms with Crippen LogP contribution in [0.5, 0.6) is 0 Å². The Balaban J connectivity index is 1.56. The molecule has 7 rings (SSSR count). The van der Waals surface area contributed by atoms with Gasteiger partial charge in [0.2, 0.25) is 0 Å². The van der Waals surface area contributed by atoms with Crippen molar-refractivity contribution in [1.29, 1.82) is 0 Å². The van der Waals surface area contributed by atoms with Crippen LogP contribution in [0.3, 0.4) is 0 Å². The highest BCUT2D eigenvalue weighted by molar-refractivity contribution is 6.07. The van der Waals surface area contributed by atoms with Crippen LogP contribution in [0.1, 0.15) is 5.56 Å². The monoisotopic (exact) mass is 485 g/mol. The number of hydrogen-bond donors (Lipinski definition) is 0. The number of nitrogens with zero attached hydrogens (tertiary/aromatic N) is 1. The predicted molar refractivity (Wildman–Crippen MR) is 164 cm³/mol. The van der Waals surface area contributed by atoms with Gasteiger partial charge in [0.1, 0.15) is 0 Å². The Kier molecular flexibility index (Phi) is 5.41. The molecule has 0 heterocycles. The number of fused-ring (bicyclic) bond motifs is 3. The summed E-state index contributed by atoms with van der Waals surface area (Å²) in [6, 6.07) is 52.8. The standard InChI is InChI=1S/C37H27N/c1-26-14-20-33(21-15-26)38(34-22-18-28-9-3-5-12-31(28)25-34)37-35-13-7-6-10-29(35)19-23-36(37)32-17-16-27-8-2-4-11-30(27)24-32/h2-25H,1H3. The zero-order valence-electron chi connectivity index (χ0n) is 21.3. The molecule has 1 heteroatoms. The lowest BCUT2D eigenvalue weighted by Crippen LogP contribution is -2.12. The van der Waals surface area contributed by atoms with E-state index in [1.807, 2.05) is 0 Å². The van der Waals surface area contributed by atoms with Crippen LogP contribution in [0.4, 0.5) is 17.1 Å². The van der Waals surface area contributed by atoms with E-state index >= 15 is 0 Å². The van der Waals surface area contributed by atoms with E-state index in [4.69, 9.17) is 0 Å². The first-order valence-electron chi connectivity index (χ1n) is 13.1. The average molecular weight is 486 g/mol. The Morgan fingerprint density at radius 2 is 0.974 bits per heavy atom. The van der Waals surface area contributed by atoms with Gasteiger partial charge in [-0.1, -0.05) is 121 Å². The van der Waals surface area contributed by atoms with Crippen molar-refractivity contribution in [1.82, 2.24) is 0 Å². The van der Waals surface area contributed by atoms with Gasteiger partial charge < -0.3 is 4.90 Å². The third kappa shape index (κ3) is 3.90. The van der Waals surface area contributed by atoms with Crippen molar-refractivity contribution in [3.8, 4) is 11.1 Å². The molecule has 0 saturated heterocycles. The molecule has 0 fully saturated rings. The maximum absolute atomic E-state index is 2.43. The first-order chi connectivity index (χ1) is 18.7. The molecule has 0 bridgehead atoms. The summed E-state index contributed by atoms with van der Waals surface area (Å²) < 4.78 is 0. The van der Waals surface area contributed by atoms with Crippen LogP contribution in [0.15, 0.2) is 146 Å². The molecule has 0 aliphatic carbocycles. The highest BCUT2D eigenvalue weighted by atomic mass is 15.1. The Bertz CT molecular complexity index is 1930. The Hall–Kier alpha value is -4.88. The highest BCUT2D eigenvalue weighted by Gasteiger charge is 2.20. The van der Waals surface area contributed by atoms with E-state index in [0.29, 0.717) is 0 Å². The van der Waals surface area contributed by atoms with Gasteiger partial charge in [0.25, 0.3) is 0 Å². The minimum Gasteiger partial charge on any atom is -0.309 e. The predicted octanol–water partition coefficient (Wildman–Crippen LogP) is 10.6. The maximum Gasteiger partial charge on any atom is 0.0618 e. The third-order valence-electron chi connectivity index (χ3n) is 7.47. The van der Waals surface area contributed by atoms with Crippen molar-refractivity contribution in [2.75, 3.05) is 4.90 Å². The fourth-order valence-corrected chi connectivity index (χ4v) is 5.50. The first-order valence-corrected chi connectivity index (χ1v) is 13.1. The average Bonchev–Trinajstić information content (AvgIpc) is 2.98. The molecular formula is C37H27N. The molecule has 0 aromatic heterocycles. The van der Waals surface area contributed by atoms with Gasteiger partial charge in [-0.15, -0.1) is 0 Å². The molecule has 7 aromatic rings. The fraction of sp³-hybridized carbons (Fsp3) is 0.0270. The molecule has 7 aromatic carbocycles. The van der Waals surface area contributed by atoms with Crippen molar-refractivity contribution >= 4 is 49.4 Å². The van der Waals surface area contributed by atoms with E-state index < -0.39 is 0 Å². The summed E-state index contributed by atoms with van der Waals surface area (Å²) >= 11 is 0. The minimum absolute atomic E-state index is 1.14. The second-order valence-electron chi connectivity index (χ2n) is 9.95. The summed E-state index contributed by atoms with van der Waals surface area (Å²) in [4.78, 5) is 2.43. The summed E-state index contributed by atoms with van der Waals surface area (Å²) in [7, 11) is 0. The van der Waals surface area contributed by atoms with Gasteiger partial charge in [-0.3, -0.25) is 0 Å². The highest BCUT2D eigenvalue weighted by Crippen LogP contribution is 2.46. The summed E-state index contributed by atoms with van der Waals surface area (Å²) in [6.45, 7) is 2.14. The maximum atomic E-state index is 2.43. The van der Waals surface area contributed by atoms with Crippen LogP contribution in [0, 0.1) is 6.92 Å². The van der Waals surface area contributed by atoms with Gasteiger partial charge >= 0.3 is 0 Å². The van der Waals surface area contributed by atoms with Crippen molar-refractivity contribution < 1.29 is 0 Å². The van der Waals surface area contributed by atoms with Gasteiger partial charge in [0.05, 0.1) is 5.69 Å². The number of aryl methyl sites for hydroxylation is 1. The summed E-state index contributed by atoms with van der Waals surface area (Å²) in [5, 5.41) is 7.43. The Morgan fingerprint density at radius 3 is 1.71 bits per heavy atom. The van der Waals surface area contributed by atoms with Gasteiger partial charge in [0, 0.05) is 22.3 Å². The van der Waals surface area contributed by atoms with E-state index in [0.717, 1.165) is 11.4 Å². The quantitative estimate of drug-likeness (QED) is 0.240. The molecule has 1 nitrogen and oxygen atoms in total. The number of anilines is 3. The largest absolute Gasteiger partial charge is 0.309 e. The molecule has 0 aliphatic rings. The smallest absolute Gasteiger partial charge is 0.0618 e. The van der Waals surface area contributed by atoms with E-state index in [9.17, 15) is 0 Å². The lowest BCUT2D eigenvalue weighted by molar-refractivity contribution is 1.29. The Labute approximate surface area is 223 Å². The third-order valence-corrected chi connectivity index (χ3v) is 7.47. The number of hydrogen-bond acceptors (Lipinski definition) is 1. The van der Waals surface area contributed by atoms with E-state index in [2.05, 4.69) is 157 Å². The molecule has 0 N–H and O–H groups in total. The second-order valence-corrected chi connectivity index (χ2v) is 9.95. The van der Waals surface area contributed by atoms with Crippen LogP contribution in [-0.2, 0) is 0 Å². The molecule has 0 atom stereocenters.